The van der Waals surface area contributed by atoms with Crippen molar-refractivity contribution in [1.29, 1.82) is 5.26 Å². The highest BCUT2D eigenvalue weighted by Crippen LogP contribution is 2.31. The van der Waals surface area contributed by atoms with Crippen molar-refractivity contribution in [3.05, 3.63) is 29.6 Å². The van der Waals surface area contributed by atoms with Crippen LogP contribution in [0.3, 0.4) is 0 Å². The van der Waals surface area contributed by atoms with Gasteiger partial charge < -0.3 is 5.73 Å². The molecule has 0 aliphatic heterocycles. The van der Waals surface area contributed by atoms with Crippen LogP contribution in [0.15, 0.2) is 18.3 Å². The highest BCUT2D eigenvalue weighted by atomic mass is 15.3. The first kappa shape index (κ1) is 9.85. The maximum Gasteiger partial charge on any atom is 0.238 e. The number of rotatable bonds is 1. The van der Waals surface area contributed by atoms with E-state index in [-0.39, 0.29) is 5.95 Å². The molecule has 5 heteroatoms. The summed E-state index contributed by atoms with van der Waals surface area (Å²) in [4.78, 5) is 3.94. The van der Waals surface area contributed by atoms with Gasteiger partial charge in [-0.05, 0) is 30.9 Å². The number of hydrogen-bond donors (Lipinski definition) is 1. The summed E-state index contributed by atoms with van der Waals surface area (Å²) in [6, 6.07) is 4.01. The summed E-state index contributed by atoms with van der Waals surface area (Å²) in [5, 5.41) is 13.4. The molecule has 1 aliphatic rings. The Morgan fingerprint density at radius 1 is 1.47 bits per heavy atom. The third-order valence-electron chi connectivity index (χ3n) is 3.00. The van der Waals surface area contributed by atoms with E-state index in [1.54, 1.807) is 16.8 Å². The van der Waals surface area contributed by atoms with Crippen LogP contribution in [-0.4, -0.2) is 14.6 Å². The number of nitrogen functional groups attached to an aromatic ring is 1. The van der Waals surface area contributed by atoms with Crippen molar-refractivity contribution in [3.8, 4) is 6.07 Å². The topological polar surface area (TPSA) is 80.0 Å². The van der Waals surface area contributed by atoms with Gasteiger partial charge in [0.1, 0.15) is 6.07 Å². The second-order valence-corrected chi connectivity index (χ2v) is 4.09. The molecule has 0 unspecified atom stereocenters. The number of anilines is 1. The zero-order valence-electron chi connectivity index (χ0n) is 9.22. The molecule has 0 radical (unpaired) electrons. The first-order valence-corrected chi connectivity index (χ1v) is 5.53. The first-order chi connectivity index (χ1) is 8.29. The lowest BCUT2D eigenvalue weighted by atomic mass is 10.1. The summed E-state index contributed by atoms with van der Waals surface area (Å²) in [6.45, 7) is 0. The van der Waals surface area contributed by atoms with Gasteiger partial charge in [0.05, 0.1) is 23.0 Å². The van der Waals surface area contributed by atoms with Crippen molar-refractivity contribution in [1.82, 2.24) is 14.6 Å². The van der Waals surface area contributed by atoms with Crippen LogP contribution < -0.4 is 5.73 Å². The van der Waals surface area contributed by atoms with E-state index >= 15 is 0 Å². The largest absolute Gasteiger partial charge is 0.367 e. The molecular formula is C12H11N5. The van der Waals surface area contributed by atoms with Crippen molar-refractivity contribution in [2.24, 2.45) is 0 Å². The quantitative estimate of drug-likeness (QED) is 0.801. The molecule has 0 bridgehead atoms. The van der Waals surface area contributed by atoms with Crippen LogP contribution in [0.2, 0.25) is 0 Å². The lowest BCUT2D eigenvalue weighted by molar-refractivity contribution is 0.886. The van der Waals surface area contributed by atoms with Crippen LogP contribution in [0.4, 0.5) is 5.95 Å². The van der Waals surface area contributed by atoms with E-state index in [0.29, 0.717) is 5.56 Å². The van der Waals surface area contributed by atoms with E-state index in [1.165, 1.54) is 5.57 Å². The van der Waals surface area contributed by atoms with Crippen molar-refractivity contribution in [2.75, 3.05) is 5.73 Å². The van der Waals surface area contributed by atoms with Crippen molar-refractivity contribution < 1.29 is 0 Å². The van der Waals surface area contributed by atoms with Gasteiger partial charge in [0.25, 0.3) is 0 Å². The van der Waals surface area contributed by atoms with E-state index in [9.17, 15) is 5.26 Å². The average molecular weight is 225 g/mol. The molecule has 0 atom stereocenters. The molecule has 0 saturated heterocycles. The van der Waals surface area contributed by atoms with Crippen molar-refractivity contribution in [2.45, 2.75) is 19.3 Å². The van der Waals surface area contributed by atoms with Gasteiger partial charge in [0.2, 0.25) is 5.95 Å². The Morgan fingerprint density at radius 2 is 2.35 bits per heavy atom. The summed E-state index contributed by atoms with van der Waals surface area (Å²) in [5.41, 5.74) is 9.09. The highest BCUT2D eigenvalue weighted by molar-refractivity contribution is 5.74. The molecule has 17 heavy (non-hydrogen) atoms. The lowest BCUT2D eigenvalue weighted by Gasteiger charge is -2.03. The molecule has 2 N–H and O–H groups in total. The Bertz CT molecular complexity index is 659. The minimum Gasteiger partial charge on any atom is -0.367 e. The third-order valence-corrected chi connectivity index (χ3v) is 3.00. The van der Waals surface area contributed by atoms with Gasteiger partial charge in [-0.3, -0.25) is 0 Å². The summed E-state index contributed by atoms with van der Waals surface area (Å²) in [7, 11) is 0. The molecule has 3 rings (SSSR count). The number of aromatic nitrogens is 3. The normalized spacial score (nSPS) is 14.9. The fraction of sp³-hybridized carbons (Fsp3) is 0.250. The number of nitrogens with zero attached hydrogens (tertiary/aromatic N) is 4. The van der Waals surface area contributed by atoms with E-state index < -0.39 is 0 Å². The molecule has 2 aromatic heterocycles. The number of allylic oxidation sites excluding steroid dienone is 2. The summed E-state index contributed by atoms with van der Waals surface area (Å²) in [5.74, 6) is 0.220. The second-order valence-electron chi connectivity index (χ2n) is 4.09. The van der Waals surface area contributed by atoms with Gasteiger partial charge in [0, 0.05) is 0 Å². The van der Waals surface area contributed by atoms with Gasteiger partial charge in [-0.2, -0.15) is 5.26 Å². The Morgan fingerprint density at radius 3 is 3.06 bits per heavy atom. The van der Waals surface area contributed by atoms with Gasteiger partial charge in [-0.1, -0.05) is 6.08 Å². The molecule has 2 heterocycles. The summed E-state index contributed by atoms with van der Waals surface area (Å²) in [6.07, 6.45) is 7.00. The maximum absolute atomic E-state index is 9.18. The standard InChI is InChI=1S/C12H11N5/c13-6-9-5-10-7-15-12(14)16-17(10)11(9)8-3-1-2-4-8/h3,5,7H,1-2,4H2,(H2,14,16). The predicted molar refractivity (Wildman–Crippen MR) is 63.9 cm³/mol. The molecule has 2 aromatic rings. The molecule has 0 aromatic carbocycles. The molecule has 0 fully saturated rings. The Labute approximate surface area is 98.2 Å². The van der Waals surface area contributed by atoms with E-state index in [0.717, 1.165) is 30.5 Å². The number of nitriles is 1. The van der Waals surface area contributed by atoms with Gasteiger partial charge in [-0.25, -0.2) is 9.50 Å². The second kappa shape index (κ2) is 3.59. The van der Waals surface area contributed by atoms with Crippen molar-refractivity contribution >= 4 is 17.0 Å². The third kappa shape index (κ3) is 1.46. The van der Waals surface area contributed by atoms with Crippen LogP contribution in [0.5, 0.6) is 0 Å². The molecular weight excluding hydrogens is 214 g/mol. The first-order valence-electron chi connectivity index (χ1n) is 5.53. The van der Waals surface area contributed by atoms with Crippen LogP contribution >= 0.6 is 0 Å². The monoisotopic (exact) mass is 225 g/mol. The molecule has 0 saturated carbocycles. The molecule has 84 valence electrons. The lowest BCUT2D eigenvalue weighted by Crippen LogP contribution is -2.03. The van der Waals surface area contributed by atoms with Crippen LogP contribution in [-0.2, 0) is 0 Å². The molecule has 1 aliphatic carbocycles. The SMILES string of the molecule is N#Cc1cc2cnc(N)nn2c1C1=CCCC1. The van der Waals surface area contributed by atoms with E-state index in [4.69, 9.17) is 5.73 Å². The van der Waals surface area contributed by atoms with Crippen LogP contribution in [0, 0.1) is 11.3 Å². The Hall–Kier alpha value is -2.35. The smallest absolute Gasteiger partial charge is 0.238 e. The van der Waals surface area contributed by atoms with Gasteiger partial charge >= 0.3 is 0 Å². The zero-order chi connectivity index (χ0) is 11.8. The van der Waals surface area contributed by atoms with Crippen LogP contribution in [0.1, 0.15) is 30.5 Å². The molecule has 0 spiro atoms. The average Bonchev–Trinajstić information content (AvgIpc) is 2.93. The van der Waals surface area contributed by atoms with E-state index in [1.807, 2.05) is 0 Å². The Kier molecular flexibility index (Phi) is 2.08. The molecule has 5 nitrogen and oxygen atoms in total. The minimum atomic E-state index is 0.220. The van der Waals surface area contributed by atoms with Gasteiger partial charge in [-0.15, -0.1) is 5.10 Å². The fourth-order valence-corrected chi connectivity index (χ4v) is 2.26. The van der Waals surface area contributed by atoms with E-state index in [2.05, 4.69) is 22.2 Å². The van der Waals surface area contributed by atoms with Gasteiger partial charge in [0.15, 0.2) is 0 Å². The predicted octanol–water partition coefficient (Wildman–Crippen LogP) is 1.75. The summed E-state index contributed by atoms with van der Waals surface area (Å²) >= 11 is 0. The zero-order valence-corrected chi connectivity index (χ0v) is 9.22. The van der Waals surface area contributed by atoms with Crippen LogP contribution in [0.25, 0.3) is 11.1 Å². The number of nitrogens with two attached hydrogens (primary N) is 1. The number of hydrogen-bond acceptors (Lipinski definition) is 4. The maximum atomic E-state index is 9.18. The fourth-order valence-electron chi connectivity index (χ4n) is 2.26. The number of fused-ring (bicyclic) bond motifs is 1. The highest BCUT2D eigenvalue weighted by Gasteiger charge is 2.17. The minimum absolute atomic E-state index is 0.220. The van der Waals surface area contributed by atoms with Crippen molar-refractivity contribution in [3.63, 3.8) is 0 Å². The summed E-state index contributed by atoms with van der Waals surface area (Å²) < 4.78 is 1.72. The molecule has 0 amide bonds. The Balaban J connectivity index is 2.33.